The lowest BCUT2D eigenvalue weighted by atomic mass is 9.92. The highest BCUT2D eigenvalue weighted by molar-refractivity contribution is 5.06. The molecule has 0 aromatic rings. The third-order valence-electron chi connectivity index (χ3n) is 4.88. The van der Waals surface area contributed by atoms with Gasteiger partial charge in [-0.1, -0.05) is 6.92 Å². The van der Waals surface area contributed by atoms with E-state index >= 15 is 0 Å². The van der Waals surface area contributed by atoms with Gasteiger partial charge in [0.25, 0.3) is 0 Å². The molecule has 3 fully saturated rings. The van der Waals surface area contributed by atoms with Crippen molar-refractivity contribution < 1.29 is 0 Å². The van der Waals surface area contributed by atoms with Crippen molar-refractivity contribution in [2.24, 2.45) is 11.3 Å². The van der Waals surface area contributed by atoms with Crippen LogP contribution in [0.15, 0.2) is 0 Å². The van der Waals surface area contributed by atoms with Crippen LogP contribution in [0.25, 0.3) is 0 Å². The highest BCUT2D eigenvalue weighted by Gasteiger charge is 2.54. The van der Waals surface area contributed by atoms with E-state index in [1.165, 1.54) is 58.3 Å². The Labute approximate surface area is 93.4 Å². The molecular weight excluding hydrogens is 184 g/mol. The molecule has 2 nitrogen and oxygen atoms in total. The summed E-state index contributed by atoms with van der Waals surface area (Å²) in [6.45, 7) is 7.55. The zero-order valence-electron chi connectivity index (χ0n) is 9.97. The number of nitrogens with one attached hydrogen (secondary N) is 1. The van der Waals surface area contributed by atoms with E-state index in [9.17, 15) is 0 Å². The summed E-state index contributed by atoms with van der Waals surface area (Å²) in [4.78, 5) is 2.74. The monoisotopic (exact) mass is 208 g/mol. The predicted molar refractivity (Wildman–Crippen MR) is 62.9 cm³/mol. The van der Waals surface area contributed by atoms with Crippen LogP contribution in [-0.2, 0) is 0 Å². The second kappa shape index (κ2) is 3.74. The van der Waals surface area contributed by atoms with E-state index < -0.39 is 0 Å². The van der Waals surface area contributed by atoms with E-state index in [0.29, 0.717) is 0 Å². The van der Waals surface area contributed by atoms with Crippen molar-refractivity contribution in [3.63, 3.8) is 0 Å². The Morgan fingerprint density at radius 3 is 2.60 bits per heavy atom. The summed E-state index contributed by atoms with van der Waals surface area (Å²) in [7, 11) is 0. The van der Waals surface area contributed by atoms with Crippen molar-refractivity contribution in [3.05, 3.63) is 0 Å². The molecule has 2 heteroatoms. The van der Waals surface area contributed by atoms with Gasteiger partial charge in [0.15, 0.2) is 0 Å². The molecule has 1 N–H and O–H groups in total. The number of rotatable bonds is 4. The van der Waals surface area contributed by atoms with Gasteiger partial charge in [0.1, 0.15) is 0 Å². The average Bonchev–Trinajstić information content (AvgIpc) is 3.14. The number of piperidine rings is 1. The average molecular weight is 208 g/mol. The van der Waals surface area contributed by atoms with Crippen molar-refractivity contribution in [1.82, 2.24) is 10.2 Å². The molecule has 1 unspecified atom stereocenters. The molecule has 1 atom stereocenters. The van der Waals surface area contributed by atoms with Crippen LogP contribution in [0, 0.1) is 11.3 Å². The molecule has 1 saturated heterocycles. The lowest BCUT2D eigenvalue weighted by Crippen LogP contribution is -2.33. The van der Waals surface area contributed by atoms with Gasteiger partial charge in [-0.25, -0.2) is 0 Å². The van der Waals surface area contributed by atoms with Gasteiger partial charge < -0.3 is 10.2 Å². The van der Waals surface area contributed by atoms with Gasteiger partial charge >= 0.3 is 0 Å². The number of hydrogen-bond donors (Lipinski definition) is 1. The van der Waals surface area contributed by atoms with Crippen LogP contribution in [0.3, 0.4) is 0 Å². The fraction of sp³-hybridized carbons (Fsp3) is 1.00. The molecule has 2 saturated carbocycles. The van der Waals surface area contributed by atoms with Gasteiger partial charge in [-0.2, -0.15) is 0 Å². The Morgan fingerprint density at radius 1 is 1.27 bits per heavy atom. The minimum Gasteiger partial charge on any atom is -0.317 e. The smallest absolute Gasteiger partial charge is 0.00964 e. The molecule has 1 spiro atoms. The van der Waals surface area contributed by atoms with Crippen LogP contribution in [0.2, 0.25) is 0 Å². The van der Waals surface area contributed by atoms with E-state index in [4.69, 9.17) is 0 Å². The normalized spacial score (nSPS) is 33.6. The summed E-state index contributed by atoms with van der Waals surface area (Å²) in [5.41, 5.74) is 0.785. The third-order valence-corrected chi connectivity index (χ3v) is 4.88. The molecule has 15 heavy (non-hydrogen) atoms. The lowest BCUT2D eigenvalue weighted by molar-refractivity contribution is 0.230. The van der Waals surface area contributed by atoms with Crippen LogP contribution in [-0.4, -0.2) is 37.1 Å². The van der Waals surface area contributed by atoms with E-state index in [1.807, 2.05) is 0 Å². The standard InChI is InChI=1S/C13H24N2/c1-2-15(12-3-4-12)10-11-9-13(11)5-7-14-8-6-13/h11-12,14H,2-10H2,1H3. The van der Waals surface area contributed by atoms with Crippen molar-refractivity contribution in [1.29, 1.82) is 0 Å². The van der Waals surface area contributed by atoms with Gasteiger partial charge in [-0.3, -0.25) is 0 Å². The maximum Gasteiger partial charge on any atom is 0.00964 e. The van der Waals surface area contributed by atoms with Crippen molar-refractivity contribution >= 4 is 0 Å². The first kappa shape index (κ1) is 10.1. The summed E-state index contributed by atoms with van der Waals surface area (Å²) < 4.78 is 0. The van der Waals surface area contributed by atoms with Crippen molar-refractivity contribution in [2.45, 2.75) is 45.1 Å². The zero-order valence-corrected chi connectivity index (χ0v) is 9.97. The van der Waals surface area contributed by atoms with Crippen LogP contribution >= 0.6 is 0 Å². The molecule has 3 rings (SSSR count). The van der Waals surface area contributed by atoms with Gasteiger partial charge in [0.05, 0.1) is 0 Å². The maximum absolute atomic E-state index is 3.49. The first-order valence-corrected chi connectivity index (χ1v) is 6.79. The summed E-state index contributed by atoms with van der Waals surface area (Å²) in [6, 6.07) is 0.967. The minimum atomic E-state index is 0.785. The highest BCUT2D eigenvalue weighted by Crippen LogP contribution is 2.59. The quantitative estimate of drug-likeness (QED) is 0.758. The van der Waals surface area contributed by atoms with Crippen LogP contribution in [0.4, 0.5) is 0 Å². The zero-order chi connectivity index (χ0) is 10.3. The molecule has 0 bridgehead atoms. The van der Waals surface area contributed by atoms with E-state index in [0.717, 1.165) is 17.4 Å². The maximum atomic E-state index is 3.49. The first-order valence-electron chi connectivity index (χ1n) is 6.79. The Morgan fingerprint density at radius 2 is 2.00 bits per heavy atom. The van der Waals surface area contributed by atoms with Gasteiger partial charge in [0.2, 0.25) is 0 Å². The second-order valence-electron chi connectivity index (χ2n) is 5.83. The van der Waals surface area contributed by atoms with Gasteiger partial charge in [-0.15, -0.1) is 0 Å². The summed E-state index contributed by atoms with van der Waals surface area (Å²) in [5, 5.41) is 3.49. The SMILES string of the molecule is CCN(CC1CC12CCNCC2)C1CC1. The Balaban J connectivity index is 1.52. The molecule has 0 aromatic carbocycles. The molecule has 3 aliphatic rings. The van der Waals surface area contributed by atoms with Gasteiger partial charge in [-0.05, 0) is 63.1 Å². The Hall–Kier alpha value is -0.0800. The first-order chi connectivity index (χ1) is 7.34. The molecule has 1 aliphatic heterocycles. The van der Waals surface area contributed by atoms with Crippen LogP contribution in [0.5, 0.6) is 0 Å². The minimum absolute atomic E-state index is 0.785. The summed E-state index contributed by atoms with van der Waals surface area (Å²) in [6.07, 6.45) is 7.35. The largest absolute Gasteiger partial charge is 0.317 e. The molecule has 2 aliphatic carbocycles. The molecular formula is C13H24N2. The molecule has 0 radical (unpaired) electrons. The summed E-state index contributed by atoms with van der Waals surface area (Å²) in [5.74, 6) is 1.04. The van der Waals surface area contributed by atoms with Crippen molar-refractivity contribution in [3.8, 4) is 0 Å². The predicted octanol–water partition coefficient (Wildman–Crippen LogP) is 1.86. The van der Waals surface area contributed by atoms with Crippen molar-refractivity contribution in [2.75, 3.05) is 26.2 Å². The fourth-order valence-electron chi connectivity index (χ4n) is 3.49. The molecule has 1 heterocycles. The van der Waals surface area contributed by atoms with E-state index in [1.54, 1.807) is 0 Å². The molecule has 86 valence electrons. The Kier molecular flexibility index (Phi) is 2.52. The summed E-state index contributed by atoms with van der Waals surface area (Å²) >= 11 is 0. The number of hydrogen-bond acceptors (Lipinski definition) is 2. The molecule has 0 aromatic heterocycles. The Bertz CT molecular complexity index is 229. The van der Waals surface area contributed by atoms with E-state index in [2.05, 4.69) is 17.1 Å². The second-order valence-corrected chi connectivity index (χ2v) is 5.83. The van der Waals surface area contributed by atoms with Gasteiger partial charge in [0, 0.05) is 12.6 Å². The van der Waals surface area contributed by atoms with Crippen LogP contribution in [0.1, 0.15) is 39.0 Å². The fourth-order valence-corrected chi connectivity index (χ4v) is 3.49. The van der Waals surface area contributed by atoms with E-state index in [-0.39, 0.29) is 0 Å². The highest BCUT2D eigenvalue weighted by atomic mass is 15.2. The molecule has 0 amide bonds. The van der Waals surface area contributed by atoms with Crippen LogP contribution < -0.4 is 5.32 Å². The topological polar surface area (TPSA) is 15.3 Å². The lowest BCUT2D eigenvalue weighted by Gasteiger charge is -2.26. The number of nitrogens with zero attached hydrogens (tertiary/aromatic N) is 1. The third kappa shape index (κ3) is 1.94.